The van der Waals surface area contributed by atoms with Crippen molar-refractivity contribution in [3.63, 3.8) is 0 Å². The predicted molar refractivity (Wildman–Crippen MR) is 234 cm³/mol. The van der Waals surface area contributed by atoms with Gasteiger partial charge in [-0.05, 0) is 119 Å². The molecule has 6 heterocycles. The molecule has 0 spiro atoms. The fraction of sp³-hybridized carbons (Fsp3) is 0.592. The number of rotatable bonds is 8. The third-order valence-electron chi connectivity index (χ3n) is 14.3. The lowest BCUT2D eigenvalue weighted by Crippen LogP contribution is -2.71. The average molecular weight is 805 g/mol. The van der Waals surface area contributed by atoms with Crippen LogP contribution >= 0.6 is 0 Å². The smallest absolute Gasteiger partial charge is 0.227 e. The van der Waals surface area contributed by atoms with E-state index in [1.165, 1.54) is 53.5 Å². The van der Waals surface area contributed by atoms with Crippen molar-refractivity contribution >= 4 is 11.8 Å². The van der Waals surface area contributed by atoms with E-state index in [1.54, 1.807) is 0 Å². The second-order valence-electron chi connectivity index (χ2n) is 18.1. The normalized spacial score (nSPS) is 27.8. The Morgan fingerprint density at radius 3 is 1.66 bits per heavy atom. The van der Waals surface area contributed by atoms with E-state index in [4.69, 9.17) is 9.47 Å². The minimum absolute atomic E-state index is 0.188. The van der Waals surface area contributed by atoms with Gasteiger partial charge in [-0.3, -0.25) is 24.3 Å². The molecule has 0 bridgehead atoms. The van der Waals surface area contributed by atoms with E-state index in [0.717, 1.165) is 83.2 Å². The molecule has 6 atom stereocenters. The molecule has 9 rings (SSSR count). The van der Waals surface area contributed by atoms with Crippen LogP contribution in [-0.2, 0) is 38.4 Å². The van der Waals surface area contributed by atoms with Crippen molar-refractivity contribution in [1.29, 1.82) is 0 Å². The van der Waals surface area contributed by atoms with Gasteiger partial charge in [0.1, 0.15) is 0 Å². The predicted octanol–water partition coefficient (Wildman–Crippen LogP) is 4.93. The molecular formula is C49H68N6O4. The first-order valence-electron chi connectivity index (χ1n) is 22.6. The molecule has 3 aromatic carbocycles. The van der Waals surface area contributed by atoms with E-state index in [1.807, 2.05) is 0 Å². The lowest BCUT2D eigenvalue weighted by atomic mass is 9.90. The van der Waals surface area contributed by atoms with Crippen molar-refractivity contribution < 1.29 is 19.1 Å². The number of likely N-dealkylation sites (tertiary alicyclic amines) is 2. The van der Waals surface area contributed by atoms with Crippen LogP contribution in [0.15, 0.2) is 66.7 Å². The Morgan fingerprint density at radius 1 is 0.559 bits per heavy atom. The number of piperazine rings is 2. The molecular weight excluding hydrogens is 737 g/mol. The lowest BCUT2D eigenvalue weighted by Gasteiger charge is -2.54. The monoisotopic (exact) mass is 805 g/mol. The van der Waals surface area contributed by atoms with Gasteiger partial charge in [0.2, 0.25) is 11.8 Å². The van der Waals surface area contributed by atoms with Gasteiger partial charge in [-0.15, -0.1) is 0 Å². The van der Waals surface area contributed by atoms with Gasteiger partial charge in [0.05, 0.1) is 75.5 Å². The number of carbonyl (C=O) groups is 2. The topological polar surface area (TPSA) is 80.8 Å². The zero-order valence-corrected chi connectivity index (χ0v) is 36.1. The molecule has 6 saturated heterocycles. The van der Waals surface area contributed by atoms with Crippen molar-refractivity contribution in [2.45, 2.75) is 109 Å². The molecule has 10 heteroatoms. The van der Waals surface area contributed by atoms with E-state index in [0.29, 0.717) is 32.1 Å². The van der Waals surface area contributed by atoms with E-state index >= 15 is 0 Å². The molecule has 1 N–H and O–H groups in total. The second-order valence-corrected chi connectivity index (χ2v) is 18.1. The van der Waals surface area contributed by atoms with Crippen LogP contribution in [0.2, 0.25) is 0 Å². The van der Waals surface area contributed by atoms with Gasteiger partial charge in [-0.2, -0.15) is 0 Å². The molecule has 3 aromatic rings. The first-order valence-corrected chi connectivity index (χ1v) is 22.6. The maximum absolute atomic E-state index is 13.7. The molecule has 2 amide bonds. The van der Waals surface area contributed by atoms with E-state index in [2.05, 4.69) is 124 Å². The first kappa shape index (κ1) is 42.1. The summed E-state index contributed by atoms with van der Waals surface area (Å²) in [6, 6.07) is 25.0. The van der Waals surface area contributed by atoms with Crippen LogP contribution in [0.1, 0.15) is 64.6 Å². The van der Waals surface area contributed by atoms with E-state index < -0.39 is 0 Å². The summed E-state index contributed by atoms with van der Waals surface area (Å²) in [4.78, 5) is 39.0. The molecule has 0 aliphatic carbocycles. The highest BCUT2D eigenvalue weighted by atomic mass is 16.5. The van der Waals surface area contributed by atoms with Crippen LogP contribution in [-0.4, -0.2) is 151 Å². The minimum Gasteiger partial charge on any atom is -0.378 e. The van der Waals surface area contributed by atoms with Crippen LogP contribution in [0.5, 0.6) is 0 Å². The summed E-state index contributed by atoms with van der Waals surface area (Å²) in [5, 5.41) is 3.59. The Hall–Kier alpha value is -3.64. The van der Waals surface area contributed by atoms with Crippen molar-refractivity contribution in [2.24, 2.45) is 0 Å². The van der Waals surface area contributed by atoms with E-state index in [9.17, 15) is 9.59 Å². The highest BCUT2D eigenvalue weighted by molar-refractivity contribution is 5.80. The summed E-state index contributed by atoms with van der Waals surface area (Å²) < 4.78 is 12.1. The number of hydrogen-bond acceptors (Lipinski definition) is 8. The van der Waals surface area contributed by atoms with Crippen LogP contribution < -0.4 is 5.32 Å². The molecule has 0 radical (unpaired) electrons. The highest BCUT2D eigenvalue weighted by Gasteiger charge is 2.48. The zero-order valence-electron chi connectivity index (χ0n) is 36.1. The van der Waals surface area contributed by atoms with Gasteiger partial charge in [0, 0.05) is 32.7 Å². The zero-order chi connectivity index (χ0) is 40.9. The Labute approximate surface area is 353 Å². The Kier molecular flexibility index (Phi) is 13.8. The molecule has 318 valence electrons. The highest BCUT2D eigenvalue weighted by Crippen LogP contribution is 2.32. The fourth-order valence-electron chi connectivity index (χ4n) is 10.7. The molecule has 0 aromatic heterocycles. The largest absolute Gasteiger partial charge is 0.378 e. The van der Waals surface area contributed by atoms with Gasteiger partial charge < -0.3 is 24.6 Å². The molecule has 6 aliphatic rings. The van der Waals surface area contributed by atoms with Crippen LogP contribution in [0, 0.1) is 27.7 Å². The van der Waals surface area contributed by atoms with Crippen LogP contribution in [0.25, 0.3) is 0 Å². The molecule has 10 nitrogen and oxygen atoms in total. The van der Waals surface area contributed by atoms with Gasteiger partial charge in [0.25, 0.3) is 0 Å². The molecule has 6 aliphatic heterocycles. The number of ether oxygens (including phenoxy) is 2. The summed E-state index contributed by atoms with van der Waals surface area (Å²) in [5.41, 5.74) is 8.64. The van der Waals surface area contributed by atoms with E-state index in [-0.39, 0.29) is 42.0 Å². The Bertz CT molecular complexity index is 1880. The number of nitrogens with zero attached hydrogens (tertiary/aromatic N) is 5. The number of aryl methyl sites for hydroxylation is 4. The third-order valence-corrected chi connectivity index (χ3v) is 14.3. The maximum atomic E-state index is 13.7. The standard InChI is InChI=1S/C28H37N3O2.C21H31N3O2/c1-21-10-11-24(16-22(21)2)17-27(32)31-15-14-30(18-23-8-4-3-5-9-23)26-20-33-19-25(28(26)31)29-12-6-7-13-29;1-15-5-6-17(11-16(15)2)12-20(25)24-10-7-22-18-13-26-14-19(21(18)24)23-8-3-4-9-23/h3-5,8-11,16,25-26,28H,6-7,12-15,17-20H2,1-2H3;5-6,11,18-19,21-22H,3-4,7-10,12-14H2,1-2H3/t25-,26+,28+;18-,19+,21+/m01/s1. The summed E-state index contributed by atoms with van der Waals surface area (Å²) in [6.45, 7) is 20.1. The molecule has 0 saturated carbocycles. The van der Waals surface area contributed by atoms with Gasteiger partial charge in [-0.25, -0.2) is 0 Å². The van der Waals surface area contributed by atoms with Gasteiger partial charge in [0.15, 0.2) is 0 Å². The summed E-state index contributed by atoms with van der Waals surface area (Å²) in [5.74, 6) is 0.523. The first-order chi connectivity index (χ1) is 28.7. The fourth-order valence-corrected chi connectivity index (χ4v) is 10.7. The van der Waals surface area contributed by atoms with Crippen molar-refractivity contribution in [3.05, 3.63) is 106 Å². The maximum Gasteiger partial charge on any atom is 0.227 e. The van der Waals surface area contributed by atoms with Crippen molar-refractivity contribution in [1.82, 2.24) is 29.8 Å². The molecule has 59 heavy (non-hydrogen) atoms. The number of carbonyl (C=O) groups excluding carboxylic acids is 2. The Morgan fingerprint density at radius 2 is 1.08 bits per heavy atom. The SMILES string of the molecule is Cc1ccc(CC(=O)N2CCN(Cc3ccccc3)[C@@H]3COC[C@H](N4CCCC4)[C@H]32)cc1C.Cc1ccc(CC(=O)N2CCN[C@@H]3COC[C@H](N4CCCC4)[C@H]32)cc1C. The summed E-state index contributed by atoms with van der Waals surface area (Å²) >= 11 is 0. The van der Waals surface area contributed by atoms with Crippen LogP contribution in [0.4, 0.5) is 0 Å². The van der Waals surface area contributed by atoms with Gasteiger partial charge >= 0.3 is 0 Å². The minimum atomic E-state index is 0.188. The average Bonchev–Trinajstić information content (AvgIpc) is 4.00. The summed E-state index contributed by atoms with van der Waals surface area (Å²) in [7, 11) is 0. The van der Waals surface area contributed by atoms with Gasteiger partial charge in [-0.1, -0.05) is 66.7 Å². The van der Waals surface area contributed by atoms with Crippen molar-refractivity contribution in [3.8, 4) is 0 Å². The second kappa shape index (κ2) is 19.4. The third kappa shape index (κ3) is 9.79. The van der Waals surface area contributed by atoms with Crippen molar-refractivity contribution in [2.75, 3.05) is 78.8 Å². The summed E-state index contributed by atoms with van der Waals surface area (Å²) in [6.07, 6.45) is 6.00. The number of nitrogens with one attached hydrogen (secondary N) is 1. The number of fused-ring (bicyclic) bond motifs is 2. The number of amides is 2. The molecule has 0 unspecified atom stereocenters. The number of benzene rings is 3. The quantitative estimate of drug-likeness (QED) is 0.344. The molecule has 6 fully saturated rings. The lowest BCUT2D eigenvalue weighted by molar-refractivity contribution is -0.153. The number of hydrogen-bond donors (Lipinski definition) is 1. The Balaban J connectivity index is 0.000000169. The van der Waals surface area contributed by atoms with Crippen LogP contribution in [0.3, 0.4) is 0 Å².